The van der Waals surface area contributed by atoms with Crippen molar-refractivity contribution in [1.29, 1.82) is 5.41 Å². The fraction of sp³-hybridized carbons (Fsp3) is 0.917. The van der Waals surface area contributed by atoms with Crippen molar-refractivity contribution < 1.29 is 13.2 Å². The number of hydrogen-bond donors (Lipinski definition) is 1. The van der Waals surface area contributed by atoms with Crippen molar-refractivity contribution in [3.05, 3.63) is 0 Å². The Morgan fingerprint density at radius 2 is 1.71 bits per heavy atom. The van der Waals surface area contributed by atoms with Gasteiger partial charge < -0.3 is 4.90 Å². The molecular formula is C12H19F3N2. The minimum atomic E-state index is -4.10. The molecule has 0 aromatic rings. The van der Waals surface area contributed by atoms with Crippen molar-refractivity contribution in [3.63, 3.8) is 0 Å². The second-order valence-electron chi connectivity index (χ2n) is 5.19. The molecule has 0 radical (unpaired) electrons. The highest BCUT2D eigenvalue weighted by Crippen LogP contribution is 2.35. The first kappa shape index (κ1) is 12.7. The van der Waals surface area contributed by atoms with Crippen LogP contribution < -0.4 is 0 Å². The van der Waals surface area contributed by atoms with Gasteiger partial charge in [-0.05, 0) is 25.7 Å². The lowest BCUT2D eigenvalue weighted by molar-refractivity contribution is -0.183. The Kier molecular flexibility index (Phi) is 3.64. The monoisotopic (exact) mass is 248 g/mol. The van der Waals surface area contributed by atoms with Gasteiger partial charge in [-0.2, -0.15) is 13.2 Å². The second kappa shape index (κ2) is 4.86. The molecule has 0 spiro atoms. The average molecular weight is 248 g/mol. The van der Waals surface area contributed by atoms with Gasteiger partial charge >= 0.3 is 6.18 Å². The molecule has 1 heterocycles. The molecule has 0 bridgehead atoms. The van der Waals surface area contributed by atoms with E-state index in [0.717, 1.165) is 25.7 Å². The minimum absolute atomic E-state index is 0.00116. The number of alkyl halides is 3. The molecule has 98 valence electrons. The Bertz CT molecular complexity index is 282. The van der Waals surface area contributed by atoms with Gasteiger partial charge in [0.25, 0.3) is 0 Å². The number of nitrogens with zero attached hydrogens (tertiary/aromatic N) is 1. The maximum Gasteiger partial charge on any atom is 0.393 e. The lowest BCUT2D eigenvalue weighted by Crippen LogP contribution is -2.46. The summed E-state index contributed by atoms with van der Waals surface area (Å²) in [5, 5.41) is 8.03. The van der Waals surface area contributed by atoms with Gasteiger partial charge in [0.15, 0.2) is 0 Å². The number of amidine groups is 1. The Morgan fingerprint density at radius 1 is 1.06 bits per heavy atom. The van der Waals surface area contributed by atoms with Crippen LogP contribution in [0.1, 0.15) is 38.5 Å². The van der Waals surface area contributed by atoms with Crippen LogP contribution in [0.3, 0.4) is 0 Å². The van der Waals surface area contributed by atoms with Crippen LogP contribution in [0.4, 0.5) is 13.2 Å². The van der Waals surface area contributed by atoms with E-state index in [2.05, 4.69) is 0 Å². The topological polar surface area (TPSA) is 27.1 Å². The molecule has 1 N–H and O–H groups in total. The Balaban J connectivity index is 1.94. The third kappa shape index (κ3) is 2.93. The average Bonchev–Trinajstić information content (AvgIpc) is 2.80. The highest BCUT2D eigenvalue weighted by atomic mass is 19.4. The van der Waals surface area contributed by atoms with Crippen LogP contribution in [0, 0.1) is 17.2 Å². The SMILES string of the molecule is N=C(C1CCCC1)N1CCCC(C(F)(F)F)C1. The molecule has 2 nitrogen and oxygen atoms in total. The molecule has 1 saturated heterocycles. The molecule has 5 heteroatoms. The Hall–Kier alpha value is -0.740. The van der Waals surface area contributed by atoms with Crippen LogP contribution in [0.5, 0.6) is 0 Å². The number of nitrogens with one attached hydrogen (secondary N) is 1. The van der Waals surface area contributed by atoms with Crippen molar-refractivity contribution in [2.45, 2.75) is 44.7 Å². The normalized spacial score (nSPS) is 27.5. The predicted molar refractivity (Wildman–Crippen MR) is 60.0 cm³/mol. The standard InChI is InChI=1S/C12H19F3N2/c13-12(14,15)10-6-3-7-17(8-10)11(16)9-4-1-2-5-9/h9-10,16H,1-8H2. The Labute approximate surface area is 99.7 Å². The van der Waals surface area contributed by atoms with Crippen molar-refractivity contribution in [2.75, 3.05) is 13.1 Å². The van der Waals surface area contributed by atoms with Crippen LogP contribution in [0.15, 0.2) is 0 Å². The van der Waals surface area contributed by atoms with Crippen LogP contribution in [-0.2, 0) is 0 Å². The number of piperidine rings is 1. The zero-order valence-electron chi connectivity index (χ0n) is 9.89. The zero-order chi connectivity index (χ0) is 12.5. The van der Waals surface area contributed by atoms with Gasteiger partial charge in [0, 0.05) is 19.0 Å². The van der Waals surface area contributed by atoms with E-state index in [1.54, 1.807) is 4.90 Å². The largest absolute Gasteiger partial charge is 0.393 e. The van der Waals surface area contributed by atoms with E-state index in [1.807, 2.05) is 0 Å². The predicted octanol–water partition coefficient (Wildman–Crippen LogP) is 3.43. The lowest BCUT2D eigenvalue weighted by Gasteiger charge is -2.36. The van der Waals surface area contributed by atoms with Gasteiger partial charge in [-0.15, -0.1) is 0 Å². The molecule has 2 fully saturated rings. The molecule has 17 heavy (non-hydrogen) atoms. The molecular weight excluding hydrogens is 229 g/mol. The summed E-state index contributed by atoms with van der Waals surface area (Å²) in [5.74, 6) is -0.573. The van der Waals surface area contributed by atoms with Crippen molar-refractivity contribution in [3.8, 4) is 0 Å². The molecule has 1 atom stereocenters. The van der Waals surface area contributed by atoms with Gasteiger partial charge in [-0.1, -0.05) is 12.8 Å². The van der Waals surface area contributed by atoms with Crippen LogP contribution in [0.2, 0.25) is 0 Å². The number of likely N-dealkylation sites (tertiary alicyclic amines) is 1. The number of halogens is 3. The summed E-state index contributed by atoms with van der Waals surface area (Å²) in [7, 11) is 0. The molecule has 1 aliphatic carbocycles. The van der Waals surface area contributed by atoms with Crippen LogP contribution in [0.25, 0.3) is 0 Å². The third-order valence-electron chi connectivity index (χ3n) is 3.97. The van der Waals surface area contributed by atoms with E-state index in [9.17, 15) is 13.2 Å². The van der Waals surface area contributed by atoms with Gasteiger partial charge in [0.1, 0.15) is 0 Å². The number of hydrogen-bond acceptors (Lipinski definition) is 1. The summed E-state index contributed by atoms with van der Waals surface area (Å²) in [4.78, 5) is 1.66. The fourth-order valence-corrected chi connectivity index (χ4v) is 2.92. The smallest absolute Gasteiger partial charge is 0.360 e. The minimum Gasteiger partial charge on any atom is -0.360 e. The van der Waals surface area contributed by atoms with E-state index in [0.29, 0.717) is 18.8 Å². The van der Waals surface area contributed by atoms with E-state index < -0.39 is 12.1 Å². The molecule has 0 amide bonds. The molecule has 1 saturated carbocycles. The van der Waals surface area contributed by atoms with Crippen molar-refractivity contribution >= 4 is 5.84 Å². The molecule has 1 unspecified atom stereocenters. The van der Waals surface area contributed by atoms with E-state index in [4.69, 9.17) is 5.41 Å². The van der Waals surface area contributed by atoms with Crippen LogP contribution in [-0.4, -0.2) is 30.0 Å². The first-order valence-corrected chi connectivity index (χ1v) is 6.38. The summed E-state index contributed by atoms with van der Waals surface area (Å²) < 4.78 is 38.0. The highest BCUT2D eigenvalue weighted by molar-refractivity contribution is 5.82. The second-order valence-corrected chi connectivity index (χ2v) is 5.19. The summed E-state index contributed by atoms with van der Waals surface area (Å²) in [6, 6.07) is 0. The summed E-state index contributed by atoms with van der Waals surface area (Å²) in [6.07, 6.45) is 0.858. The summed E-state index contributed by atoms with van der Waals surface area (Å²) in [6.45, 7) is 0.626. The molecule has 0 aromatic carbocycles. The van der Waals surface area contributed by atoms with E-state index in [-0.39, 0.29) is 18.9 Å². The fourth-order valence-electron chi connectivity index (χ4n) is 2.92. The quantitative estimate of drug-likeness (QED) is 0.558. The van der Waals surface area contributed by atoms with Gasteiger partial charge in [0.2, 0.25) is 0 Å². The van der Waals surface area contributed by atoms with Crippen molar-refractivity contribution in [1.82, 2.24) is 4.90 Å². The molecule has 2 aliphatic rings. The van der Waals surface area contributed by atoms with Crippen molar-refractivity contribution in [2.24, 2.45) is 11.8 Å². The van der Waals surface area contributed by atoms with Gasteiger partial charge in [-0.3, -0.25) is 5.41 Å². The number of rotatable bonds is 1. The maximum atomic E-state index is 12.7. The van der Waals surface area contributed by atoms with E-state index in [1.165, 1.54) is 0 Å². The first-order chi connectivity index (χ1) is 7.98. The Morgan fingerprint density at radius 3 is 2.29 bits per heavy atom. The first-order valence-electron chi connectivity index (χ1n) is 6.38. The summed E-state index contributed by atoms with van der Waals surface area (Å²) in [5.41, 5.74) is 0. The lowest BCUT2D eigenvalue weighted by atomic mass is 9.95. The maximum absolute atomic E-state index is 12.7. The molecule has 2 rings (SSSR count). The molecule has 1 aliphatic heterocycles. The zero-order valence-corrected chi connectivity index (χ0v) is 9.89. The summed E-state index contributed by atoms with van der Waals surface area (Å²) >= 11 is 0. The van der Waals surface area contributed by atoms with Gasteiger partial charge in [-0.25, -0.2) is 0 Å². The van der Waals surface area contributed by atoms with Crippen LogP contribution >= 0.6 is 0 Å². The third-order valence-corrected chi connectivity index (χ3v) is 3.97. The van der Waals surface area contributed by atoms with Gasteiger partial charge in [0.05, 0.1) is 11.8 Å². The highest BCUT2D eigenvalue weighted by Gasteiger charge is 2.42. The van der Waals surface area contributed by atoms with E-state index >= 15 is 0 Å². The molecule has 0 aromatic heterocycles.